The maximum absolute atomic E-state index is 12.8. The molecule has 6 nitrogen and oxygen atoms in total. The van der Waals surface area contributed by atoms with Gasteiger partial charge < -0.3 is 14.8 Å². The van der Waals surface area contributed by atoms with Gasteiger partial charge in [-0.15, -0.1) is 0 Å². The van der Waals surface area contributed by atoms with E-state index in [0.29, 0.717) is 23.3 Å². The summed E-state index contributed by atoms with van der Waals surface area (Å²) in [6.45, 7) is 5.47. The second-order valence-electron chi connectivity index (χ2n) is 7.43. The lowest BCUT2D eigenvalue weighted by Crippen LogP contribution is -2.29. The van der Waals surface area contributed by atoms with Crippen LogP contribution in [0.15, 0.2) is 48.5 Å². The van der Waals surface area contributed by atoms with E-state index in [1.165, 1.54) is 12.1 Å². The van der Waals surface area contributed by atoms with Crippen molar-refractivity contribution >= 4 is 23.0 Å². The van der Waals surface area contributed by atoms with Crippen molar-refractivity contribution in [2.45, 2.75) is 38.7 Å². The molecule has 2 aromatic carbocycles. The van der Waals surface area contributed by atoms with Gasteiger partial charge in [-0.05, 0) is 51.0 Å². The van der Waals surface area contributed by atoms with Crippen molar-refractivity contribution in [3.05, 3.63) is 65.5 Å². The molecule has 3 aromatic rings. The molecule has 0 fully saturated rings. The Hall–Kier alpha value is -3.15. The molecular weight excluding hydrogens is 344 g/mol. The van der Waals surface area contributed by atoms with Crippen LogP contribution in [0.4, 0.5) is 0 Å². The number of carboxylic acid groups (broad SMARTS) is 1. The summed E-state index contributed by atoms with van der Waals surface area (Å²) in [6.07, 6.45) is 0.432. The third-order valence-corrected chi connectivity index (χ3v) is 4.05. The van der Waals surface area contributed by atoms with Crippen LogP contribution >= 0.6 is 0 Å². The number of carboxylic acids is 1. The quantitative estimate of drug-likeness (QED) is 0.668. The molecule has 27 heavy (non-hydrogen) atoms. The minimum Gasteiger partial charge on any atom is -0.478 e. The summed E-state index contributed by atoms with van der Waals surface area (Å²) in [7, 11) is 0. The average Bonchev–Trinajstić information content (AvgIpc) is 3.01. The molecule has 0 aliphatic carbocycles. The third-order valence-electron chi connectivity index (χ3n) is 4.05. The van der Waals surface area contributed by atoms with E-state index >= 15 is 0 Å². The van der Waals surface area contributed by atoms with E-state index in [1.807, 2.05) is 51.1 Å². The number of nitrogens with zero attached hydrogens (tertiary/aromatic N) is 1. The highest BCUT2D eigenvalue weighted by Crippen LogP contribution is 2.25. The number of hydrogen-bond donors (Lipinski definition) is 2. The van der Waals surface area contributed by atoms with Crippen molar-refractivity contribution in [1.29, 1.82) is 0 Å². The zero-order valence-electron chi connectivity index (χ0n) is 15.5. The summed E-state index contributed by atoms with van der Waals surface area (Å²) < 4.78 is 5.59. The first-order valence-electron chi connectivity index (χ1n) is 8.73. The Balaban J connectivity index is 1.99. The summed E-state index contributed by atoms with van der Waals surface area (Å²) in [5.74, 6) is -1.55. The summed E-state index contributed by atoms with van der Waals surface area (Å²) in [5.41, 5.74) is 1.70. The largest absolute Gasteiger partial charge is 0.478 e. The van der Waals surface area contributed by atoms with Gasteiger partial charge in [0.25, 0.3) is 0 Å². The molecule has 1 unspecified atom stereocenters. The van der Waals surface area contributed by atoms with Crippen molar-refractivity contribution in [2.24, 2.45) is 0 Å². The van der Waals surface area contributed by atoms with Gasteiger partial charge >= 0.3 is 11.9 Å². The summed E-state index contributed by atoms with van der Waals surface area (Å²) in [5, 5.41) is 9.16. The van der Waals surface area contributed by atoms with E-state index in [1.54, 1.807) is 6.07 Å². The van der Waals surface area contributed by atoms with Crippen LogP contribution in [0.5, 0.6) is 0 Å². The van der Waals surface area contributed by atoms with Gasteiger partial charge in [0, 0.05) is 0 Å². The van der Waals surface area contributed by atoms with Crippen LogP contribution in [0.25, 0.3) is 11.0 Å². The number of carbonyl (C=O) groups excluding carboxylic acids is 1. The Labute approximate surface area is 157 Å². The fourth-order valence-electron chi connectivity index (χ4n) is 2.84. The molecule has 6 heteroatoms. The van der Waals surface area contributed by atoms with Crippen molar-refractivity contribution < 1.29 is 19.4 Å². The number of fused-ring (bicyclic) bond motifs is 1. The molecule has 1 atom stereocenters. The van der Waals surface area contributed by atoms with E-state index in [-0.39, 0.29) is 11.5 Å². The van der Waals surface area contributed by atoms with Crippen molar-refractivity contribution in [3.63, 3.8) is 0 Å². The number of nitrogens with one attached hydrogen (secondary N) is 1. The molecule has 0 saturated heterocycles. The van der Waals surface area contributed by atoms with Crippen molar-refractivity contribution in [1.82, 2.24) is 9.97 Å². The number of benzene rings is 2. The van der Waals surface area contributed by atoms with Crippen LogP contribution in [0.1, 0.15) is 48.4 Å². The number of aromatic amines is 1. The predicted octanol–water partition coefficient (Wildman–Crippen LogP) is 3.93. The zero-order valence-corrected chi connectivity index (χ0v) is 15.5. The number of carbonyl (C=O) groups is 2. The van der Waals surface area contributed by atoms with Crippen LogP contribution in [0, 0.1) is 0 Å². The SMILES string of the molecule is CC(C)(C)OC(=O)C(Cc1ccccc1)c1nc2cc(C(=O)O)ccc2[nH]1. The van der Waals surface area contributed by atoms with Gasteiger partial charge in [-0.2, -0.15) is 0 Å². The topological polar surface area (TPSA) is 92.3 Å². The second kappa shape index (κ2) is 7.23. The van der Waals surface area contributed by atoms with E-state index in [0.717, 1.165) is 5.56 Å². The van der Waals surface area contributed by atoms with Crippen molar-refractivity contribution in [3.8, 4) is 0 Å². The van der Waals surface area contributed by atoms with Crippen LogP contribution in [-0.2, 0) is 16.0 Å². The number of rotatable bonds is 5. The van der Waals surface area contributed by atoms with Crippen LogP contribution in [-0.4, -0.2) is 32.6 Å². The molecule has 1 aromatic heterocycles. The number of imidazole rings is 1. The van der Waals surface area contributed by atoms with E-state index in [2.05, 4.69) is 9.97 Å². The van der Waals surface area contributed by atoms with Gasteiger partial charge in [-0.1, -0.05) is 30.3 Å². The summed E-state index contributed by atoms with van der Waals surface area (Å²) in [4.78, 5) is 31.6. The Morgan fingerprint density at radius 1 is 1.15 bits per heavy atom. The highest BCUT2D eigenvalue weighted by atomic mass is 16.6. The lowest BCUT2D eigenvalue weighted by molar-refractivity contribution is -0.156. The third kappa shape index (κ3) is 4.53. The Bertz CT molecular complexity index is 971. The molecule has 1 heterocycles. The Kier molecular flexibility index (Phi) is 4.99. The van der Waals surface area contributed by atoms with Crippen LogP contribution < -0.4 is 0 Å². The van der Waals surface area contributed by atoms with E-state index in [9.17, 15) is 9.59 Å². The summed E-state index contributed by atoms with van der Waals surface area (Å²) in [6, 6.07) is 14.3. The number of H-pyrrole nitrogens is 1. The molecular formula is C21H22N2O4. The minimum absolute atomic E-state index is 0.150. The first kappa shape index (κ1) is 18.6. The molecule has 0 saturated carbocycles. The minimum atomic E-state index is -1.02. The highest BCUT2D eigenvalue weighted by molar-refractivity contribution is 5.92. The first-order chi connectivity index (χ1) is 12.7. The molecule has 0 amide bonds. The lowest BCUT2D eigenvalue weighted by Gasteiger charge is -2.23. The van der Waals surface area contributed by atoms with Crippen LogP contribution in [0.3, 0.4) is 0 Å². The number of hydrogen-bond acceptors (Lipinski definition) is 4. The van der Waals surface area contributed by atoms with Gasteiger partial charge in [-0.3, -0.25) is 4.79 Å². The molecule has 0 radical (unpaired) electrons. The summed E-state index contributed by atoms with van der Waals surface area (Å²) >= 11 is 0. The Morgan fingerprint density at radius 2 is 1.85 bits per heavy atom. The zero-order chi connectivity index (χ0) is 19.6. The lowest BCUT2D eigenvalue weighted by atomic mass is 9.98. The number of esters is 1. The molecule has 2 N–H and O–H groups in total. The number of aromatic nitrogens is 2. The van der Waals surface area contributed by atoms with Gasteiger partial charge in [0.05, 0.1) is 16.6 Å². The first-order valence-corrected chi connectivity index (χ1v) is 8.73. The van der Waals surface area contributed by atoms with Crippen LogP contribution in [0.2, 0.25) is 0 Å². The molecule has 140 valence electrons. The molecule has 0 aliphatic rings. The smallest absolute Gasteiger partial charge is 0.335 e. The highest BCUT2D eigenvalue weighted by Gasteiger charge is 2.29. The Morgan fingerprint density at radius 3 is 2.48 bits per heavy atom. The fourth-order valence-corrected chi connectivity index (χ4v) is 2.84. The predicted molar refractivity (Wildman–Crippen MR) is 102 cm³/mol. The standard InChI is InChI=1S/C21H22N2O4/c1-21(2,3)27-20(26)15(11-13-7-5-4-6-8-13)18-22-16-10-9-14(19(24)25)12-17(16)23-18/h4-10,12,15H,11H2,1-3H3,(H,22,23)(H,24,25). The second-order valence-corrected chi connectivity index (χ2v) is 7.43. The molecule has 3 rings (SSSR count). The van der Waals surface area contributed by atoms with Gasteiger partial charge in [0.2, 0.25) is 0 Å². The molecule has 0 bridgehead atoms. The number of ether oxygens (including phenoxy) is 1. The van der Waals surface area contributed by atoms with Crippen molar-refractivity contribution in [2.75, 3.05) is 0 Å². The van der Waals surface area contributed by atoms with E-state index < -0.39 is 17.5 Å². The normalized spacial score (nSPS) is 12.7. The fraction of sp³-hybridized carbons (Fsp3) is 0.286. The van der Waals surface area contributed by atoms with Gasteiger partial charge in [0.15, 0.2) is 0 Å². The molecule has 0 aliphatic heterocycles. The average molecular weight is 366 g/mol. The maximum atomic E-state index is 12.8. The van der Waals surface area contributed by atoms with E-state index in [4.69, 9.17) is 9.84 Å². The van der Waals surface area contributed by atoms with Gasteiger partial charge in [-0.25, -0.2) is 9.78 Å². The maximum Gasteiger partial charge on any atom is 0.335 e. The molecule has 0 spiro atoms. The number of aromatic carboxylic acids is 1. The monoisotopic (exact) mass is 366 g/mol. The van der Waals surface area contributed by atoms with Gasteiger partial charge in [0.1, 0.15) is 17.3 Å².